The quantitative estimate of drug-likeness (QED) is 0.633. The smallest absolute Gasteiger partial charge is 0.297 e. The lowest BCUT2D eigenvalue weighted by molar-refractivity contribution is 0.0951. The Morgan fingerprint density at radius 1 is 1.20 bits per heavy atom. The van der Waals surface area contributed by atoms with Crippen molar-refractivity contribution >= 4 is 11.7 Å². The minimum atomic E-state index is -0.236. The van der Waals surface area contributed by atoms with Gasteiger partial charge in [0.1, 0.15) is 0 Å². The van der Waals surface area contributed by atoms with E-state index < -0.39 is 0 Å². The lowest BCUT2D eigenvalue weighted by Gasteiger charge is -2.15. The summed E-state index contributed by atoms with van der Waals surface area (Å²) in [5.74, 6) is 0.431. The second-order valence-electron chi connectivity index (χ2n) is 7.89. The predicted octanol–water partition coefficient (Wildman–Crippen LogP) is 3.65. The number of hydrogen-bond donors (Lipinski definition) is 2. The molecule has 1 fully saturated rings. The number of aromatic nitrogens is 2. The Hall–Kier alpha value is -3.41. The second-order valence-corrected chi connectivity index (χ2v) is 7.89. The number of amides is 1. The van der Waals surface area contributed by atoms with E-state index >= 15 is 0 Å². The summed E-state index contributed by atoms with van der Waals surface area (Å²) in [4.78, 5) is 29.7. The van der Waals surface area contributed by atoms with Crippen LogP contribution in [0, 0.1) is 6.92 Å². The topological polar surface area (TPSA) is 76.0 Å². The van der Waals surface area contributed by atoms with Crippen LogP contribution in [0.25, 0.3) is 5.69 Å². The van der Waals surface area contributed by atoms with Gasteiger partial charge in [-0.05, 0) is 48.9 Å². The van der Waals surface area contributed by atoms with Gasteiger partial charge in [0.05, 0.1) is 5.69 Å². The number of rotatable bonds is 7. The number of benzene rings is 2. The molecule has 154 valence electrons. The molecule has 0 bridgehead atoms. The highest BCUT2D eigenvalue weighted by Crippen LogP contribution is 2.21. The molecule has 1 unspecified atom stereocenters. The van der Waals surface area contributed by atoms with Gasteiger partial charge in [0.15, 0.2) is 5.82 Å². The lowest BCUT2D eigenvalue weighted by Crippen LogP contribution is -2.27. The van der Waals surface area contributed by atoms with Gasteiger partial charge in [-0.1, -0.05) is 43.3 Å². The zero-order valence-corrected chi connectivity index (χ0v) is 17.3. The maximum atomic E-state index is 13.1. The highest BCUT2D eigenvalue weighted by molar-refractivity contribution is 5.95. The van der Waals surface area contributed by atoms with Crippen LogP contribution >= 0.6 is 0 Å². The average molecular weight is 402 g/mol. The second kappa shape index (κ2) is 8.53. The van der Waals surface area contributed by atoms with E-state index in [-0.39, 0.29) is 23.4 Å². The van der Waals surface area contributed by atoms with Crippen LogP contribution in [0.2, 0.25) is 0 Å². The first kappa shape index (κ1) is 19.9. The molecule has 3 aromatic rings. The van der Waals surface area contributed by atoms with Crippen LogP contribution in [0.4, 0.5) is 5.82 Å². The highest BCUT2D eigenvalue weighted by Gasteiger charge is 2.24. The molecule has 1 atom stereocenters. The summed E-state index contributed by atoms with van der Waals surface area (Å²) in [5, 5.41) is 6.18. The molecule has 6 nitrogen and oxygen atoms in total. The molecule has 0 saturated heterocycles. The van der Waals surface area contributed by atoms with Crippen molar-refractivity contribution in [1.29, 1.82) is 0 Å². The monoisotopic (exact) mass is 402 g/mol. The van der Waals surface area contributed by atoms with E-state index in [0.717, 1.165) is 18.4 Å². The van der Waals surface area contributed by atoms with E-state index in [1.165, 1.54) is 5.56 Å². The molecular weight excluding hydrogens is 376 g/mol. The molecule has 0 radical (unpaired) electrons. The normalized spacial score (nSPS) is 14.2. The van der Waals surface area contributed by atoms with Gasteiger partial charge in [-0.15, -0.1) is 0 Å². The van der Waals surface area contributed by atoms with Crippen molar-refractivity contribution in [3.63, 3.8) is 0 Å². The van der Waals surface area contributed by atoms with Gasteiger partial charge in [0.2, 0.25) is 0 Å². The molecule has 0 spiro atoms. The Morgan fingerprint density at radius 2 is 1.97 bits per heavy atom. The molecular formula is C24H26N4O2. The first-order valence-electron chi connectivity index (χ1n) is 10.3. The molecule has 2 aromatic carbocycles. The number of nitrogens with one attached hydrogen (secondary N) is 2. The van der Waals surface area contributed by atoms with Crippen molar-refractivity contribution in [2.24, 2.45) is 0 Å². The van der Waals surface area contributed by atoms with Crippen LogP contribution in [0.15, 0.2) is 65.7 Å². The summed E-state index contributed by atoms with van der Waals surface area (Å²) in [6.07, 6.45) is 5.31. The lowest BCUT2D eigenvalue weighted by atomic mass is 10.0. The largest absolute Gasteiger partial charge is 0.365 e. The van der Waals surface area contributed by atoms with Crippen LogP contribution in [0.5, 0.6) is 0 Å². The zero-order chi connectivity index (χ0) is 21.1. The van der Waals surface area contributed by atoms with Crippen LogP contribution in [-0.4, -0.2) is 28.0 Å². The summed E-state index contributed by atoms with van der Waals surface area (Å²) >= 11 is 0. The predicted molar refractivity (Wildman–Crippen MR) is 118 cm³/mol. The fourth-order valence-corrected chi connectivity index (χ4v) is 3.38. The standard InChI is InChI=1S/C24H26N4O2/c1-16-8-9-19(23(29)27-20-10-11-20)14-21(16)28-13-12-25-22(24(28)30)26-15-17(2)18-6-4-3-5-7-18/h3-9,12-14,17,20H,10-11,15H2,1-2H3,(H,25,26)(H,27,29). The number of aryl methyl sites for hydroxylation is 1. The number of carbonyl (C=O) groups excluding carboxylic acids is 1. The van der Waals surface area contributed by atoms with Crippen LogP contribution < -0.4 is 16.2 Å². The minimum Gasteiger partial charge on any atom is -0.365 e. The third-order valence-corrected chi connectivity index (χ3v) is 5.43. The SMILES string of the molecule is Cc1ccc(C(=O)NC2CC2)cc1-n1ccnc(NCC(C)c2ccccc2)c1=O. The minimum absolute atomic E-state index is 0.101. The molecule has 2 N–H and O–H groups in total. The number of hydrogen-bond acceptors (Lipinski definition) is 4. The van der Waals surface area contributed by atoms with Gasteiger partial charge in [0.25, 0.3) is 11.5 Å². The molecule has 1 aromatic heterocycles. The van der Waals surface area contributed by atoms with E-state index in [0.29, 0.717) is 23.6 Å². The van der Waals surface area contributed by atoms with E-state index in [1.54, 1.807) is 29.1 Å². The zero-order valence-electron chi connectivity index (χ0n) is 17.3. The summed E-state index contributed by atoms with van der Waals surface area (Å²) in [5.41, 5.74) is 3.12. The van der Waals surface area contributed by atoms with Crippen molar-refractivity contribution in [1.82, 2.24) is 14.9 Å². The van der Waals surface area contributed by atoms with Gasteiger partial charge in [-0.3, -0.25) is 14.2 Å². The first-order chi connectivity index (χ1) is 14.5. The Morgan fingerprint density at radius 3 is 2.70 bits per heavy atom. The van der Waals surface area contributed by atoms with E-state index in [1.807, 2.05) is 31.2 Å². The Balaban J connectivity index is 1.56. The summed E-state index contributed by atoms with van der Waals surface area (Å²) in [7, 11) is 0. The van der Waals surface area contributed by atoms with Crippen LogP contribution in [0.1, 0.15) is 47.2 Å². The van der Waals surface area contributed by atoms with Crippen molar-refractivity contribution in [3.05, 3.63) is 88.0 Å². The Kier molecular flexibility index (Phi) is 5.65. The van der Waals surface area contributed by atoms with Crippen LogP contribution in [0.3, 0.4) is 0 Å². The molecule has 0 aliphatic heterocycles. The van der Waals surface area contributed by atoms with E-state index in [2.05, 4.69) is 34.7 Å². The Bertz CT molecular complexity index is 1100. The fraction of sp³-hybridized carbons (Fsp3) is 0.292. The third kappa shape index (κ3) is 4.43. The van der Waals surface area contributed by atoms with Gasteiger partial charge >= 0.3 is 0 Å². The fourth-order valence-electron chi connectivity index (χ4n) is 3.38. The molecule has 6 heteroatoms. The molecule has 4 rings (SSSR count). The van der Waals surface area contributed by atoms with Crippen molar-refractivity contribution < 1.29 is 4.79 Å². The summed E-state index contributed by atoms with van der Waals surface area (Å²) < 4.78 is 1.55. The molecule has 1 amide bonds. The highest BCUT2D eigenvalue weighted by atomic mass is 16.2. The van der Waals surface area contributed by atoms with Gasteiger partial charge in [-0.25, -0.2) is 4.98 Å². The molecule has 30 heavy (non-hydrogen) atoms. The summed E-state index contributed by atoms with van der Waals surface area (Å²) in [6, 6.07) is 15.9. The maximum Gasteiger partial charge on any atom is 0.297 e. The number of nitrogens with zero attached hydrogens (tertiary/aromatic N) is 2. The molecule has 1 aliphatic rings. The Labute approximate surface area is 176 Å². The third-order valence-electron chi connectivity index (χ3n) is 5.43. The van der Waals surface area contributed by atoms with Crippen molar-refractivity contribution in [2.45, 2.75) is 38.6 Å². The van der Waals surface area contributed by atoms with Gasteiger partial charge in [-0.2, -0.15) is 0 Å². The molecule has 1 heterocycles. The molecule has 1 aliphatic carbocycles. The summed E-state index contributed by atoms with van der Waals surface area (Å²) in [6.45, 7) is 4.63. The first-order valence-corrected chi connectivity index (χ1v) is 10.3. The average Bonchev–Trinajstić information content (AvgIpc) is 3.58. The number of carbonyl (C=O) groups is 1. The van der Waals surface area contributed by atoms with Gasteiger partial charge in [0, 0.05) is 30.5 Å². The van der Waals surface area contributed by atoms with E-state index in [4.69, 9.17) is 0 Å². The van der Waals surface area contributed by atoms with Gasteiger partial charge < -0.3 is 10.6 Å². The van der Waals surface area contributed by atoms with Crippen molar-refractivity contribution in [2.75, 3.05) is 11.9 Å². The maximum absolute atomic E-state index is 13.1. The van der Waals surface area contributed by atoms with Crippen molar-refractivity contribution in [3.8, 4) is 5.69 Å². The molecule has 1 saturated carbocycles. The number of anilines is 1. The van der Waals surface area contributed by atoms with Crippen LogP contribution in [-0.2, 0) is 0 Å². The van der Waals surface area contributed by atoms with E-state index in [9.17, 15) is 9.59 Å².